The van der Waals surface area contributed by atoms with Crippen LogP contribution in [-0.4, -0.2) is 55.2 Å². The molecule has 0 atom stereocenters. The molecule has 4 rings (SSSR count). The molecule has 1 N–H and O–H groups in total. The van der Waals surface area contributed by atoms with E-state index in [-0.39, 0.29) is 5.91 Å². The quantitative estimate of drug-likeness (QED) is 0.600. The SMILES string of the molecule is O=C(NCCCN1CCOCC1)c1ccc2oc(Cc3ccc(Cl)cc3)nc2c1. The van der Waals surface area contributed by atoms with Crippen LogP contribution in [0.5, 0.6) is 0 Å². The maximum absolute atomic E-state index is 12.5. The highest BCUT2D eigenvalue weighted by Gasteiger charge is 2.12. The van der Waals surface area contributed by atoms with Gasteiger partial charge in [-0.2, -0.15) is 0 Å². The van der Waals surface area contributed by atoms with E-state index in [1.807, 2.05) is 24.3 Å². The zero-order valence-corrected chi connectivity index (χ0v) is 17.0. The van der Waals surface area contributed by atoms with E-state index in [9.17, 15) is 4.79 Å². The molecular formula is C22H24ClN3O3. The van der Waals surface area contributed by atoms with Gasteiger partial charge in [-0.1, -0.05) is 23.7 Å². The van der Waals surface area contributed by atoms with Crippen molar-refractivity contribution in [2.45, 2.75) is 12.8 Å². The van der Waals surface area contributed by atoms with Crippen molar-refractivity contribution in [2.75, 3.05) is 39.4 Å². The molecule has 3 aromatic rings. The minimum atomic E-state index is -0.0869. The number of amides is 1. The van der Waals surface area contributed by atoms with E-state index >= 15 is 0 Å². The lowest BCUT2D eigenvalue weighted by molar-refractivity contribution is 0.0374. The van der Waals surface area contributed by atoms with Crippen LogP contribution in [0, 0.1) is 0 Å². The summed E-state index contributed by atoms with van der Waals surface area (Å²) in [5.41, 5.74) is 3.03. The zero-order valence-electron chi connectivity index (χ0n) is 16.2. The molecule has 7 heteroatoms. The summed E-state index contributed by atoms with van der Waals surface area (Å²) in [6.45, 7) is 5.15. The number of ether oxygens (including phenoxy) is 1. The normalized spacial score (nSPS) is 14.9. The first-order chi connectivity index (χ1) is 14.2. The van der Waals surface area contributed by atoms with E-state index in [2.05, 4.69) is 15.2 Å². The van der Waals surface area contributed by atoms with Gasteiger partial charge in [0, 0.05) is 36.6 Å². The van der Waals surface area contributed by atoms with E-state index in [4.69, 9.17) is 20.8 Å². The van der Waals surface area contributed by atoms with Crippen LogP contribution >= 0.6 is 11.6 Å². The van der Waals surface area contributed by atoms with E-state index in [1.54, 1.807) is 18.2 Å². The van der Waals surface area contributed by atoms with Crippen LogP contribution in [0.1, 0.15) is 28.2 Å². The highest BCUT2D eigenvalue weighted by atomic mass is 35.5. The lowest BCUT2D eigenvalue weighted by Gasteiger charge is -2.26. The number of fused-ring (bicyclic) bond motifs is 1. The highest BCUT2D eigenvalue weighted by molar-refractivity contribution is 6.30. The number of aromatic nitrogens is 1. The number of benzene rings is 2. The van der Waals surface area contributed by atoms with Crippen molar-refractivity contribution in [3.63, 3.8) is 0 Å². The Balaban J connectivity index is 1.32. The van der Waals surface area contributed by atoms with Crippen molar-refractivity contribution in [3.8, 4) is 0 Å². The van der Waals surface area contributed by atoms with Gasteiger partial charge >= 0.3 is 0 Å². The summed E-state index contributed by atoms with van der Waals surface area (Å²) in [4.78, 5) is 19.3. The summed E-state index contributed by atoms with van der Waals surface area (Å²) in [6, 6.07) is 13.0. The molecule has 29 heavy (non-hydrogen) atoms. The van der Waals surface area contributed by atoms with Gasteiger partial charge in [0.2, 0.25) is 0 Å². The monoisotopic (exact) mass is 413 g/mol. The molecule has 2 heterocycles. The Bertz CT molecular complexity index is 965. The molecule has 1 saturated heterocycles. The molecule has 0 bridgehead atoms. The molecule has 152 valence electrons. The Morgan fingerprint density at radius 3 is 2.72 bits per heavy atom. The van der Waals surface area contributed by atoms with Crippen LogP contribution in [0.15, 0.2) is 46.9 Å². The number of carbonyl (C=O) groups excluding carboxylic acids is 1. The van der Waals surface area contributed by atoms with E-state index in [1.165, 1.54) is 0 Å². The largest absolute Gasteiger partial charge is 0.440 e. The van der Waals surface area contributed by atoms with Gasteiger partial charge in [-0.15, -0.1) is 0 Å². The molecule has 6 nitrogen and oxygen atoms in total. The van der Waals surface area contributed by atoms with Crippen LogP contribution in [0.2, 0.25) is 5.02 Å². The molecule has 1 amide bonds. The molecule has 2 aromatic carbocycles. The van der Waals surface area contributed by atoms with Gasteiger partial charge in [0.05, 0.1) is 13.2 Å². The lowest BCUT2D eigenvalue weighted by atomic mass is 10.1. The van der Waals surface area contributed by atoms with Gasteiger partial charge in [0.1, 0.15) is 5.52 Å². The number of morpholine rings is 1. The summed E-state index contributed by atoms with van der Waals surface area (Å²) in [5, 5.41) is 3.69. The number of nitrogens with one attached hydrogen (secondary N) is 1. The number of carbonyl (C=O) groups is 1. The molecule has 0 radical (unpaired) electrons. The summed E-state index contributed by atoms with van der Waals surface area (Å²) >= 11 is 5.93. The van der Waals surface area contributed by atoms with Crippen molar-refractivity contribution < 1.29 is 13.9 Å². The fraction of sp³-hybridized carbons (Fsp3) is 0.364. The Labute approximate surface area is 174 Å². The van der Waals surface area contributed by atoms with Crippen LogP contribution in [0.3, 0.4) is 0 Å². The number of halogens is 1. The zero-order chi connectivity index (χ0) is 20.1. The van der Waals surface area contributed by atoms with E-state index < -0.39 is 0 Å². The molecule has 0 unspecified atom stereocenters. The van der Waals surface area contributed by atoms with Crippen LogP contribution in [0.25, 0.3) is 11.1 Å². The summed E-state index contributed by atoms with van der Waals surface area (Å²) in [7, 11) is 0. The first kappa shape index (κ1) is 19.9. The van der Waals surface area contributed by atoms with Crippen molar-refractivity contribution in [3.05, 3.63) is 64.5 Å². The molecule has 0 aliphatic carbocycles. The van der Waals surface area contributed by atoms with Gasteiger partial charge in [-0.3, -0.25) is 9.69 Å². The average molecular weight is 414 g/mol. The molecule has 0 spiro atoms. The van der Waals surface area contributed by atoms with Gasteiger partial charge < -0.3 is 14.5 Å². The van der Waals surface area contributed by atoms with Crippen molar-refractivity contribution in [2.24, 2.45) is 0 Å². The molecule has 1 aromatic heterocycles. The Hall–Kier alpha value is -2.41. The van der Waals surface area contributed by atoms with Gasteiger partial charge in [-0.25, -0.2) is 4.98 Å². The number of hydrogen-bond acceptors (Lipinski definition) is 5. The van der Waals surface area contributed by atoms with Crippen LogP contribution in [-0.2, 0) is 11.2 Å². The van der Waals surface area contributed by atoms with Crippen LogP contribution < -0.4 is 5.32 Å². The Kier molecular flexibility index (Phi) is 6.44. The Morgan fingerprint density at radius 2 is 1.93 bits per heavy atom. The predicted octanol–water partition coefficient (Wildman–Crippen LogP) is 3.52. The van der Waals surface area contributed by atoms with Crippen molar-refractivity contribution in [1.29, 1.82) is 0 Å². The third kappa shape index (κ3) is 5.35. The fourth-order valence-electron chi connectivity index (χ4n) is 3.40. The molecular weight excluding hydrogens is 390 g/mol. The van der Waals surface area contributed by atoms with Gasteiger partial charge in [0.15, 0.2) is 11.5 Å². The maximum atomic E-state index is 12.5. The fourth-order valence-corrected chi connectivity index (χ4v) is 3.53. The number of nitrogens with zero attached hydrogens (tertiary/aromatic N) is 2. The second-order valence-electron chi connectivity index (χ2n) is 7.16. The van der Waals surface area contributed by atoms with Gasteiger partial charge in [-0.05, 0) is 48.9 Å². The number of oxazole rings is 1. The van der Waals surface area contributed by atoms with Crippen molar-refractivity contribution >= 4 is 28.6 Å². The van der Waals surface area contributed by atoms with Gasteiger partial charge in [0.25, 0.3) is 5.91 Å². The van der Waals surface area contributed by atoms with E-state index in [0.29, 0.717) is 40.5 Å². The smallest absolute Gasteiger partial charge is 0.251 e. The lowest BCUT2D eigenvalue weighted by Crippen LogP contribution is -2.38. The van der Waals surface area contributed by atoms with Crippen molar-refractivity contribution in [1.82, 2.24) is 15.2 Å². The molecule has 1 aliphatic rings. The van der Waals surface area contributed by atoms with Crippen LogP contribution in [0.4, 0.5) is 0 Å². The first-order valence-corrected chi connectivity index (χ1v) is 10.3. The number of hydrogen-bond donors (Lipinski definition) is 1. The predicted molar refractivity (Wildman–Crippen MR) is 112 cm³/mol. The third-order valence-corrected chi connectivity index (χ3v) is 5.26. The highest BCUT2D eigenvalue weighted by Crippen LogP contribution is 2.20. The Morgan fingerprint density at radius 1 is 1.14 bits per heavy atom. The van der Waals surface area contributed by atoms with E-state index in [0.717, 1.165) is 44.8 Å². The summed E-state index contributed by atoms with van der Waals surface area (Å²) < 4.78 is 11.2. The molecule has 1 fully saturated rings. The first-order valence-electron chi connectivity index (χ1n) is 9.89. The minimum absolute atomic E-state index is 0.0869. The number of rotatable bonds is 7. The molecule has 1 aliphatic heterocycles. The summed E-state index contributed by atoms with van der Waals surface area (Å²) in [5.74, 6) is 0.529. The topological polar surface area (TPSA) is 67.6 Å². The maximum Gasteiger partial charge on any atom is 0.251 e. The minimum Gasteiger partial charge on any atom is -0.440 e. The second kappa shape index (κ2) is 9.39. The standard InChI is InChI=1S/C22H24ClN3O3/c23-18-5-2-16(3-6-18)14-21-25-19-15-17(4-7-20(19)29-21)22(27)24-8-1-9-26-10-12-28-13-11-26/h2-7,15H,1,8-14H2,(H,24,27). The third-order valence-electron chi connectivity index (χ3n) is 5.00. The average Bonchev–Trinajstić information content (AvgIpc) is 3.15. The molecule has 0 saturated carbocycles. The second-order valence-corrected chi connectivity index (χ2v) is 7.59. The summed E-state index contributed by atoms with van der Waals surface area (Å²) in [6.07, 6.45) is 1.50.